The lowest BCUT2D eigenvalue weighted by Crippen LogP contribution is -2.37. The number of nitrogens with two attached hydrogens (primary N) is 1. The molecule has 0 bridgehead atoms. The van der Waals surface area contributed by atoms with E-state index in [2.05, 4.69) is 0 Å². The van der Waals surface area contributed by atoms with Crippen molar-refractivity contribution in [1.29, 1.82) is 0 Å². The van der Waals surface area contributed by atoms with Crippen LogP contribution >= 0.6 is 0 Å². The largest absolute Gasteiger partial charge is 0.497 e. The SMILES string of the molecule is COc1ccc(OCC(=O)OCC(=O)N(CCC(N)=O)c2ccc(F)cc2)cc1. The molecule has 154 valence electrons. The Bertz CT molecular complexity index is 839. The van der Waals surface area contributed by atoms with Gasteiger partial charge in [-0.2, -0.15) is 0 Å². The van der Waals surface area contributed by atoms with Gasteiger partial charge in [-0.25, -0.2) is 9.18 Å². The van der Waals surface area contributed by atoms with Crippen molar-refractivity contribution in [2.45, 2.75) is 6.42 Å². The van der Waals surface area contributed by atoms with Crippen LogP contribution in [0.3, 0.4) is 0 Å². The molecule has 0 aliphatic heterocycles. The first kappa shape index (κ1) is 21.7. The first-order valence-electron chi connectivity index (χ1n) is 8.65. The average Bonchev–Trinajstić information content (AvgIpc) is 2.72. The molecule has 0 fully saturated rings. The van der Waals surface area contributed by atoms with Crippen LogP contribution in [0, 0.1) is 5.82 Å². The van der Waals surface area contributed by atoms with Crippen molar-refractivity contribution in [3.8, 4) is 11.5 Å². The van der Waals surface area contributed by atoms with Crippen molar-refractivity contribution >= 4 is 23.5 Å². The van der Waals surface area contributed by atoms with Gasteiger partial charge in [0.1, 0.15) is 17.3 Å². The Labute approximate surface area is 166 Å². The highest BCUT2D eigenvalue weighted by Crippen LogP contribution is 2.17. The number of esters is 1. The maximum absolute atomic E-state index is 13.1. The molecule has 0 atom stereocenters. The average molecular weight is 404 g/mol. The summed E-state index contributed by atoms with van der Waals surface area (Å²) in [4.78, 5) is 36.5. The highest BCUT2D eigenvalue weighted by atomic mass is 19.1. The number of benzene rings is 2. The van der Waals surface area contributed by atoms with Gasteiger partial charge in [0, 0.05) is 18.7 Å². The van der Waals surface area contributed by atoms with Crippen molar-refractivity contribution in [3.63, 3.8) is 0 Å². The van der Waals surface area contributed by atoms with E-state index in [1.54, 1.807) is 24.3 Å². The van der Waals surface area contributed by atoms with Crippen LogP contribution in [0.1, 0.15) is 6.42 Å². The van der Waals surface area contributed by atoms with Crippen LogP contribution < -0.4 is 20.1 Å². The lowest BCUT2D eigenvalue weighted by atomic mass is 10.2. The normalized spacial score (nSPS) is 10.1. The van der Waals surface area contributed by atoms with Gasteiger partial charge in [-0.05, 0) is 48.5 Å². The molecule has 0 aromatic heterocycles. The van der Waals surface area contributed by atoms with Crippen LogP contribution in [0.5, 0.6) is 11.5 Å². The molecule has 0 heterocycles. The van der Waals surface area contributed by atoms with E-state index in [-0.39, 0.29) is 13.0 Å². The van der Waals surface area contributed by atoms with Crippen LogP contribution in [-0.2, 0) is 19.1 Å². The van der Waals surface area contributed by atoms with Gasteiger partial charge >= 0.3 is 5.97 Å². The van der Waals surface area contributed by atoms with Crippen LogP contribution in [-0.4, -0.2) is 44.7 Å². The molecule has 2 N–H and O–H groups in total. The second kappa shape index (κ2) is 10.6. The molecule has 0 saturated carbocycles. The van der Waals surface area contributed by atoms with Crippen molar-refractivity contribution in [3.05, 3.63) is 54.3 Å². The number of halogens is 1. The summed E-state index contributed by atoms with van der Waals surface area (Å²) in [5, 5.41) is 0. The fourth-order valence-electron chi connectivity index (χ4n) is 2.32. The minimum absolute atomic E-state index is 0.0281. The Hall–Kier alpha value is -3.62. The Kier molecular flexibility index (Phi) is 7.96. The Morgan fingerprint density at radius 3 is 2.17 bits per heavy atom. The Balaban J connectivity index is 1.89. The molecule has 9 heteroatoms. The molecule has 0 radical (unpaired) electrons. The van der Waals surface area contributed by atoms with Crippen molar-refractivity contribution in [2.75, 3.05) is 31.8 Å². The van der Waals surface area contributed by atoms with Crippen LogP contribution in [0.4, 0.5) is 10.1 Å². The number of primary amides is 1. The first-order valence-corrected chi connectivity index (χ1v) is 8.65. The van der Waals surface area contributed by atoms with Crippen molar-refractivity contribution in [1.82, 2.24) is 0 Å². The fraction of sp³-hybridized carbons (Fsp3) is 0.250. The van der Waals surface area contributed by atoms with E-state index in [0.29, 0.717) is 17.2 Å². The summed E-state index contributed by atoms with van der Waals surface area (Å²) in [5.74, 6) is -1.34. The second-order valence-corrected chi connectivity index (χ2v) is 5.86. The Morgan fingerprint density at radius 2 is 1.59 bits per heavy atom. The zero-order valence-corrected chi connectivity index (χ0v) is 15.8. The zero-order valence-electron chi connectivity index (χ0n) is 15.8. The number of carbonyl (C=O) groups excluding carboxylic acids is 3. The number of nitrogens with zero attached hydrogens (tertiary/aromatic N) is 1. The molecular weight excluding hydrogens is 383 g/mol. The molecule has 2 rings (SSSR count). The summed E-state index contributed by atoms with van der Waals surface area (Å²) in [5.41, 5.74) is 5.48. The van der Waals surface area contributed by atoms with E-state index in [0.717, 1.165) is 0 Å². The molecular formula is C20H21FN2O6. The predicted molar refractivity (Wildman–Crippen MR) is 102 cm³/mol. The Morgan fingerprint density at radius 1 is 0.966 bits per heavy atom. The van der Waals surface area contributed by atoms with E-state index in [1.807, 2.05) is 0 Å². The lowest BCUT2D eigenvalue weighted by Gasteiger charge is -2.22. The highest BCUT2D eigenvalue weighted by molar-refractivity contribution is 5.95. The lowest BCUT2D eigenvalue weighted by molar-refractivity contribution is -0.149. The maximum Gasteiger partial charge on any atom is 0.344 e. The number of methoxy groups -OCH3 is 1. The molecule has 0 spiro atoms. The number of rotatable bonds is 10. The quantitative estimate of drug-likeness (QED) is 0.604. The summed E-state index contributed by atoms with van der Waals surface area (Å²) in [6, 6.07) is 11.7. The number of hydrogen-bond acceptors (Lipinski definition) is 6. The topological polar surface area (TPSA) is 108 Å². The number of amides is 2. The van der Waals surface area contributed by atoms with Gasteiger partial charge in [0.05, 0.1) is 7.11 Å². The highest BCUT2D eigenvalue weighted by Gasteiger charge is 2.19. The molecule has 2 amide bonds. The van der Waals surface area contributed by atoms with Crippen LogP contribution in [0.15, 0.2) is 48.5 Å². The van der Waals surface area contributed by atoms with Crippen LogP contribution in [0.2, 0.25) is 0 Å². The molecule has 2 aromatic carbocycles. The smallest absolute Gasteiger partial charge is 0.344 e. The third-order valence-corrected chi connectivity index (χ3v) is 3.79. The van der Waals surface area contributed by atoms with Gasteiger partial charge < -0.3 is 24.8 Å². The van der Waals surface area contributed by atoms with Crippen molar-refractivity contribution < 1.29 is 33.0 Å². The van der Waals surface area contributed by atoms with E-state index in [4.69, 9.17) is 19.9 Å². The summed E-state index contributed by atoms with van der Waals surface area (Å²) in [6.07, 6.45) is -0.0996. The summed E-state index contributed by atoms with van der Waals surface area (Å²) in [7, 11) is 1.53. The summed E-state index contributed by atoms with van der Waals surface area (Å²) < 4.78 is 28.4. The van der Waals surface area contributed by atoms with E-state index < -0.39 is 36.8 Å². The predicted octanol–water partition coefficient (Wildman–Crippen LogP) is 1.66. The van der Waals surface area contributed by atoms with Crippen LogP contribution in [0.25, 0.3) is 0 Å². The van der Waals surface area contributed by atoms with E-state index >= 15 is 0 Å². The fourth-order valence-corrected chi connectivity index (χ4v) is 2.32. The van der Waals surface area contributed by atoms with Gasteiger partial charge in [0.25, 0.3) is 5.91 Å². The summed E-state index contributed by atoms with van der Waals surface area (Å²) >= 11 is 0. The first-order chi connectivity index (χ1) is 13.9. The molecule has 0 aliphatic carbocycles. The molecule has 8 nitrogen and oxygen atoms in total. The number of carbonyl (C=O) groups is 3. The number of ether oxygens (including phenoxy) is 3. The van der Waals surface area contributed by atoms with Gasteiger partial charge in [0.15, 0.2) is 13.2 Å². The van der Waals surface area contributed by atoms with E-state index in [1.165, 1.54) is 36.3 Å². The van der Waals surface area contributed by atoms with Gasteiger partial charge in [-0.15, -0.1) is 0 Å². The number of hydrogen-bond donors (Lipinski definition) is 1. The minimum Gasteiger partial charge on any atom is -0.497 e. The van der Waals surface area contributed by atoms with E-state index in [9.17, 15) is 18.8 Å². The standard InChI is InChI=1S/C20H21FN2O6/c1-27-16-6-8-17(9-7-16)28-13-20(26)29-12-19(25)23(11-10-18(22)24)15-4-2-14(21)3-5-15/h2-9H,10-13H2,1H3,(H2,22,24). The summed E-state index contributed by atoms with van der Waals surface area (Å²) in [6.45, 7) is -0.988. The molecule has 29 heavy (non-hydrogen) atoms. The number of anilines is 1. The second-order valence-electron chi connectivity index (χ2n) is 5.86. The molecule has 0 saturated heterocycles. The monoisotopic (exact) mass is 404 g/mol. The van der Waals surface area contributed by atoms with Gasteiger partial charge in [-0.1, -0.05) is 0 Å². The molecule has 0 unspecified atom stereocenters. The van der Waals surface area contributed by atoms with Crippen molar-refractivity contribution in [2.24, 2.45) is 5.73 Å². The third kappa shape index (κ3) is 7.13. The minimum atomic E-state index is -0.747. The zero-order chi connectivity index (χ0) is 21.2. The van der Waals surface area contributed by atoms with Gasteiger partial charge in [-0.3, -0.25) is 9.59 Å². The third-order valence-electron chi connectivity index (χ3n) is 3.79. The molecule has 0 aliphatic rings. The maximum atomic E-state index is 13.1. The van der Waals surface area contributed by atoms with Gasteiger partial charge in [0.2, 0.25) is 5.91 Å². The molecule has 2 aromatic rings.